The molecule has 0 aromatic heterocycles. The van der Waals surface area contributed by atoms with Gasteiger partial charge in [-0.3, -0.25) is 0 Å². The molecule has 6 aliphatic rings. The summed E-state index contributed by atoms with van der Waals surface area (Å²) in [5.74, 6) is 2.30. The van der Waals surface area contributed by atoms with Crippen molar-refractivity contribution < 1.29 is 0 Å². The molecule has 3 unspecified atom stereocenters. The van der Waals surface area contributed by atoms with E-state index in [-0.39, 0.29) is 17.0 Å². The summed E-state index contributed by atoms with van der Waals surface area (Å²) in [5, 5.41) is 3.72. The number of rotatable bonds is 4. The largest absolute Gasteiger partial charge is 0.328 e. The van der Waals surface area contributed by atoms with Crippen molar-refractivity contribution in [1.82, 2.24) is 5.32 Å². The Morgan fingerprint density at radius 3 is 2.57 bits per heavy atom. The van der Waals surface area contributed by atoms with Gasteiger partial charge in [0.25, 0.3) is 0 Å². The quantitative estimate of drug-likeness (QED) is 0.388. The fraction of sp³-hybridized carbons (Fsp3) is 0.268. The van der Waals surface area contributed by atoms with Crippen LogP contribution in [-0.4, -0.2) is 11.7 Å². The first-order chi connectivity index (χ1) is 21.5. The van der Waals surface area contributed by atoms with Crippen LogP contribution >= 0.6 is 0 Å². The molecule has 0 amide bonds. The normalized spacial score (nSPS) is 30.2. The second-order valence-corrected chi connectivity index (χ2v) is 13.3. The van der Waals surface area contributed by atoms with Gasteiger partial charge in [-0.15, -0.1) is 0 Å². The van der Waals surface area contributed by atoms with Crippen LogP contribution in [0.1, 0.15) is 74.7 Å². The Balaban J connectivity index is 1.16. The highest BCUT2D eigenvalue weighted by molar-refractivity contribution is 6.12. The second-order valence-electron chi connectivity index (χ2n) is 13.3. The van der Waals surface area contributed by atoms with Gasteiger partial charge in [0, 0.05) is 16.7 Å². The first-order valence-corrected chi connectivity index (χ1v) is 16.2. The molecule has 3 heteroatoms. The molecular weight excluding hydrogens is 534 g/mol. The van der Waals surface area contributed by atoms with Gasteiger partial charge in [0.1, 0.15) is 11.7 Å². The number of hydrogen-bond donors (Lipinski definition) is 1. The Morgan fingerprint density at radius 1 is 0.841 bits per heavy atom. The maximum Gasteiger partial charge on any atom is 0.169 e. The molecule has 1 heterocycles. The van der Waals surface area contributed by atoms with Gasteiger partial charge < -0.3 is 5.32 Å². The van der Waals surface area contributed by atoms with Gasteiger partial charge in [0.2, 0.25) is 0 Å². The fourth-order valence-electron chi connectivity index (χ4n) is 7.90. The van der Waals surface area contributed by atoms with Crippen LogP contribution in [0, 0.1) is 10.8 Å². The standard InChI is InChI=1S/C41H39N3/c1-40(24-11-4-12-25-40)39-43-37(28-14-5-3-6-15-28)42-38(44-39)30-17-13-16-29(26-30)31-22-23-36-34-19-8-7-18-32(34)33-20-9-10-21-35(33)41(36,2)27-31/h3-9,11-12,14-16,18-20,22-24,26-27,36-37H,10,13,17,21,25H2,1-2H3,(H,42,43,44)/t36?,37?,40?,41-/m1/s1. The van der Waals surface area contributed by atoms with Crippen LogP contribution in [0.25, 0.3) is 5.57 Å². The lowest BCUT2D eigenvalue weighted by atomic mass is 9.58. The van der Waals surface area contributed by atoms with E-state index in [0.717, 1.165) is 49.3 Å². The SMILES string of the molecule is CC1(C2=NC(c3ccccc3)N=C(C3=CC(C4=C[C@]5(C)C6=C(C=CCC6)c6ccccc6C5C=C4)=CCC3)N2)C=CC=CC1. The highest BCUT2D eigenvalue weighted by atomic mass is 15.2. The summed E-state index contributed by atoms with van der Waals surface area (Å²) in [6.07, 6.45) is 30.5. The van der Waals surface area contributed by atoms with E-state index in [2.05, 4.69) is 141 Å². The monoisotopic (exact) mass is 573 g/mol. The van der Waals surface area contributed by atoms with Crippen LogP contribution in [0.15, 0.2) is 154 Å². The van der Waals surface area contributed by atoms with Crippen molar-refractivity contribution in [2.75, 3.05) is 0 Å². The highest BCUT2D eigenvalue weighted by Crippen LogP contribution is 2.57. The number of allylic oxidation sites excluding steroid dienone is 14. The molecule has 4 atom stereocenters. The molecule has 1 aliphatic heterocycles. The summed E-state index contributed by atoms with van der Waals surface area (Å²) in [6.45, 7) is 4.73. The molecule has 2 aromatic rings. The number of aliphatic imine (C=N–C) groups is 2. The van der Waals surface area contributed by atoms with E-state index in [0.29, 0.717) is 5.92 Å². The number of amidine groups is 2. The van der Waals surface area contributed by atoms with Crippen LogP contribution in [0.5, 0.6) is 0 Å². The molecule has 1 N–H and O–H groups in total. The van der Waals surface area contributed by atoms with Gasteiger partial charge in [-0.2, -0.15) is 0 Å². The predicted octanol–water partition coefficient (Wildman–Crippen LogP) is 9.66. The van der Waals surface area contributed by atoms with Gasteiger partial charge in [0.05, 0.1) is 0 Å². The second kappa shape index (κ2) is 10.6. The van der Waals surface area contributed by atoms with Gasteiger partial charge in [-0.05, 0) is 84.1 Å². The smallest absolute Gasteiger partial charge is 0.169 e. The number of benzene rings is 2. The topological polar surface area (TPSA) is 36.8 Å². The minimum absolute atomic E-state index is 0.0426. The number of nitrogens with zero attached hydrogens (tertiary/aromatic N) is 2. The van der Waals surface area contributed by atoms with Crippen LogP contribution in [0.2, 0.25) is 0 Å². The lowest BCUT2D eigenvalue weighted by Crippen LogP contribution is -2.45. The molecule has 0 radical (unpaired) electrons. The van der Waals surface area contributed by atoms with Crippen molar-refractivity contribution in [2.45, 2.75) is 58.0 Å². The molecule has 0 saturated carbocycles. The zero-order valence-corrected chi connectivity index (χ0v) is 25.6. The van der Waals surface area contributed by atoms with E-state index in [1.54, 1.807) is 5.57 Å². The fourth-order valence-corrected chi connectivity index (χ4v) is 7.90. The zero-order chi connectivity index (χ0) is 29.7. The number of hydrogen-bond acceptors (Lipinski definition) is 3. The van der Waals surface area contributed by atoms with Crippen LogP contribution in [0.3, 0.4) is 0 Å². The van der Waals surface area contributed by atoms with E-state index in [1.165, 1.54) is 33.4 Å². The van der Waals surface area contributed by atoms with Gasteiger partial charge in [-0.1, -0.05) is 128 Å². The maximum absolute atomic E-state index is 5.22. The van der Waals surface area contributed by atoms with E-state index in [4.69, 9.17) is 9.98 Å². The third kappa shape index (κ3) is 4.49. The van der Waals surface area contributed by atoms with Crippen molar-refractivity contribution >= 4 is 17.2 Å². The summed E-state index contributed by atoms with van der Waals surface area (Å²) in [6, 6.07) is 19.5. The third-order valence-electron chi connectivity index (χ3n) is 10.4. The van der Waals surface area contributed by atoms with Crippen molar-refractivity contribution in [2.24, 2.45) is 20.8 Å². The minimum atomic E-state index is -0.255. The minimum Gasteiger partial charge on any atom is -0.328 e. The van der Waals surface area contributed by atoms with Crippen LogP contribution < -0.4 is 5.32 Å². The molecule has 218 valence electrons. The van der Waals surface area contributed by atoms with E-state index in [1.807, 2.05) is 0 Å². The first kappa shape index (κ1) is 27.1. The molecule has 44 heavy (non-hydrogen) atoms. The van der Waals surface area contributed by atoms with Crippen LogP contribution in [-0.2, 0) is 0 Å². The lowest BCUT2D eigenvalue weighted by Gasteiger charge is -2.45. The molecule has 5 aliphatic carbocycles. The summed E-state index contributed by atoms with van der Waals surface area (Å²) >= 11 is 0. The maximum atomic E-state index is 5.22. The summed E-state index contributed by atoms with van der Waals surface area (Å²) in [4.78, 5) is 10.4. The summed E-state index contributed by atoms with van der Waals surface area (Å²) < 4.78 is 0. The first-order valence-electron chi connectivity index (χ1n) is 16.2. The molecule has 3 nitrogen and oxygen atoms in total. The Hall–Kier alpha value is -4.50. The number of nitrogens with one attached hydrogen (secondary N) is 1. The Labute approximate surface area is 261 Å². The molecule has 2 aromatic carbocycles. The Morgan fingerprint density at radius 2 is 1.70 bits per heavy atom. The van der Waals surface area contributed by atoms with Gasteiger partial charge >= 0.3 is 0 Å². The van der Waals surface area contributed by atoms with E-state index >= 15 is 0 Å². The third-order valence-corrected chi connectivity index (χ3v) is 10.4. The van der Waals surface area contributed by atoms with Gasteiger partial charge in [0.15, 0.2) is 6.17 Å². The van der Waals surface area contributed by atoms with Crippen LogP contribution in [0.4, 0.5) is 0 Å². The average Bonchev–Trinajstić information content (AvgIpc) is 3.09. The molecule has 0 spiro atoms. The summed E-state index contributed by atoms with van der Waals surface area (Å²) in [5.41, 5.74) is 10.6. The van der Waals surface area contributed by atoms with Gasteiger partial charge in [-0.25, -0.2) is 9.98 Å². The average molecular weight is 574 g/mol. The van der Waals surface area contributed by atoms with Crippen molar-refractivity contribution in [3.05, 3.63) is 160 Å². The van der Waals surface area contributed by atoms with Crippen molar-refractivity contribution in [1.29, 1.82) is 0 Å². The molecular formula is C41H39N3. The number of fused-ring (bicyclic) bond motifs is 5. The van der Waals surface area contributed by atoms with E-state index in [9.17, 15) is 0 Å². The lowest BCUT2D eigenvalue weighted by molar-refractivity contribution is 0.428. The molecule has 0 saturated heterocycles. The predicted molar refractivity (Wildman–Crippen MR) is 183 cm³/mol. The van der Waals surface area contributed by atoms with Crippen molar-refractivity contribution in [3.63, 3.8) is 0 Å². The highest BCUT2D eigenvalue weighted by Gasteiger charge is 2.43. The summed E-state index contributed by atoms with van der Waals surface area (Å²) in [7, 11) is 0. The van der Waals surface area contributed by atoms with Crippen molar-refractivity contribution in [3.8, 4) is 0 Å². The molecule has 8 rings (SSSR count). The zero-order valence-electron chi connectivity index (χ0n) is 25.6. The van der Waals surface area contributed by atoms with E-state index < -0.39 is 0 Å². The Bertz CT molecular complexity index is 1840. The Kier molecular flexibility index (Phi) is 6.52. The molecule has 0 bridgehead atoms. The molecule has 0 fully saturated rings.